The molecule has 0 fully saturated rings. The van der Waals surface area contributed by atoms with Crippen LogP contribution in [-0.4, -0.2) is 46.5 Å². The van der Waals surface area contributed by atoms with Crippen LogP contribution in [0, 0.1) is 0 Å². The number of aryl methyl sites for hydroxylation is 1. The number of hydrogen-bond acceptors (Lipinski definition) is 5. The van der Waals surface area contributed by atoms with Gasteiger partial charge in [-0.3, -0.25) is 0 Å². The zero-order valence-corrected chi connectivity index (χ0v) is 9.60. The van der Waals surface area contributed by atoms with E-state index in [4.69, 9.17) is 4.74 Å². The predicted octanol–water partition coefficient (Wildman–Crippen LogP) is -0.233. The summed E-state index contributed by atoms with van der Waals surface area (Å²) >= 11 is 0. The Labute approximate surface area is 90.0 Å². The first-order chi connectivity index (χ1) is 7.27. The number of rotatable bonds is 7. The lowest BCUT2D eigenvalue weighted by atomic mass is 10.2. The van der Waals surface area contributed by atoms with Crippen molar-refractivity contribution >= 4 is 0 Å². The average molecular weight is 213 g/mol. The molecule has 0 radical (unpaired) electrons. The number of hydrogen-bond donors (Lipinski definition) is 1. The van der Waals surface area contributed by atoms with Gasteiger partial charge in [-0.05, 0) is 23.4 Å². The van der Waals surface area contributed by atoms with Crippen molar-refractivity contribution in [1.82, 2.24) is 25.5 Å². The quantitative estimate of drug-likeness (QED) is 0.677. The molecule has 0 aliphatic carbocycles. The van der Waals surface area contributed by atoms with Crippen molar-refractivity contribution in [3.8, 4) is 0 Å². The molecule has 1 aromatic heterocycles. The molecule has 1 atom stereocenters. The summed E-state index contributed by atoms with van der Waals surface area (Å²) in [4.78, 5) is 0. The monoisotopic (exact) mass is 213 g/mol. The van der Waals surface area contributed by atoms with E-state index in [-0.39, 0.29) is 6.04 Å². The maximum atomic E-state index is 5.15. The van der Waals surface area contributed by atoms with E-state index in [0.717, 1.165) is 25.2 Å². The number of ether oxygens (including phenoxy) is 1. The Balaban J connectivity index is 2.46. The first-order valence-electron chi connectivity index (χ1n) is 5.21. The van der Waals surface area contributed by atoms with Crippen LogP contribution < -0.4 is 5.32 Å². The zero-order chi connectivity index (χ0) is 11.1. The maximum Gasteiger partial charge on any atom is 0.152 e. The van der Waals surface area contributed by atoms with Gasteiger partial charge in [-0.25, -0.2) is 4.68 Å². The Morgan fingerprint density at radius 1 is 1.53 bits per heavy atom. The molecule has 15 heavy (non-hydrogen) atoms. The van der Waals surface area contributed by atoms with Crippen molar-refractivity contribution in [2.24, 2.45) is 7.05 Å². The van der Waals surface area contributed by atoms with Crippen molar-refractivity contribution < 1.29 is 4.74 Å². The van der Waals surface area contributed by atoms with E-state index in [1.165, 1.54) is 0 Å². The molecule has 1 aromatic rings. The standard InChI is InChI=1S/C9H19N5O/c1-4-5-10-8(7-15-3)6-9-11-12-13-14(9)2/h8,10H,4-7H2,1-3H3. The number of nitrogens with zero attached hydrogens (tertiary/aromatic N) is 4. The van der Waals surface area contributed by atoms with Crippen molar-refractivity contribution in [3.63, 3.8) is 0 Å². The lowest BCUT2D eigenvalue weighted by Gasteiger charge is -2.16. The van der Waals surface area contributed by atoms with Crippen molar-refractivity contribution in [3.05, 3.63) is 5.82 Å². The van der Waals surface area contributed by atoms with Gasteiger partial charge in [0.15, 0.2) is 5.82 Å². The van der Waals surface area contributed by atoms with Gasteiger partial charge in [0, 0.05) is 26.6 Å². The summed E-state index contributed by atoms with van der Waals surface area (Å²) in [5, 5.41) is 14.8. The highest BCUT2D eigenvalue weighted by Gasteiger charge is 2.12. The Hall–Kier alpha value is -1.01. The van der Waals surface area contributed by atoms with Gasteiger partial charge in [0.1, 0.15) is 0 Å². The van der Waals surface area contributed by atoms with Gasteiger partial charge in [-0.1, -0.05) is 6.92 Å². The predicted molar refractivity (Wildman–Crippen MR) is 56.5 cm³/mol. The summed E-state index contributed by atoms with van der Waals surface area (Å²) in [7, 11) is 3.55. The summed E-state index contributed by atoms with van der Waals surface area (Å²) in [6.45, 7) is 3.80. The molecule has 0 aromatic carbocycles. The van der Waals surface area contributed by atoms with Gasteiger partial charge in [-0.2, -0.15) is 0 Å². The van der Waals surface area contributed by atoms with E-state index in [9.17, 15) is 0 Å². The van der Waals surface area contributed by atoms with Gasteiger partial charge >= 0.3 is 0 Å². The van der Waals surface area contributed by atoms with Gasteiger partial charge in [0.2, 0.25) is 0 Å². The van der Waals surface area contributed by atoms with Crippen LogP contribution in [0.4, 0.5) is 0 Å². The van der Waals surface area contributed by atoms with Crippen molar-refractivity contribution in [2.45, 2.75) is 25.8 Å². The molecule has 0 saturated heterocycles. The summed E-state index contributed by atoms with van der Waals surface area (Å²) in [6, 6.07) is 0.277. The highest BCUT2D eigenvalue weighted by Crippen LogP contribution is 1.97. The molecule has 0 bridgehead atoms. The second kappa shape index (κ2) is 6.47. The summed E-state index contributed by atoms with van der Waals surface area (Å²) in [6.07, 6.45) is 1.90. The van der Waals surface area contributed by atoms with E-state index in [1.54, 1.807) is 11.8 Å². The fraction of sp³-hybridized carbons (Fsp3) is 0.889. The molecule has 6 nitrogen and oxygen atoms in total. The van der Waals surface area contributed by atoms with Crippen molar-refractivity contribution in [1.29, 1.82) is 0 Å². The first-order valence-corrected chi connectivity index (χ1v) is 5.21. The lowest BCUT2D eigenvalue weighted by molar-refractivity contribution is 0.165. The highest BCUT2D eigenvalue weighted by molar-refractivity contribution is 4.86. The number of nitrogens with one attached hydrogen (secondary N) is 1. The van der Waals surface area contributed by atoms with E-state index >= 15 is 0 Å². The molecule has 0 aliphatic rings. The lowest BCUT2D eigenvalue weighted by Crippen LogP contribution is -2.36. The summed E-state index contributed by atoms with van der Waals surface area (Å²) in [5.41, 5.74) is 0. The number of methoxy groups -OCH3 is 1. The molecule has 6 heteroatoms. The number of tetrazole rings is 1. The number of aromatic nitrogens is 4. The Bertz CT molecular complexity index is 275. The third kappa shape index (κ3) is 3.93. The van der Waals surface area contributed by atoms with Crippen LogP contribution >= 0.6 is 0 Å². The van der Waals surface area contributed by atoms with Gasteiger partial charge in [0.05, 0.1) is 6.61 Å². The smallest absolute Gasteiger partial charge is 0.152 e. The SMILES string of the molecule is CCCNC(COC)Cc1nnnn1C. The molecule has 0 saturated carbocycles. The third-order valence-corrected chi connectivity index (χ3v) is 2.19. The van der Waals surface area contributed by atoms with Crippen LogP contribution in [0.5, 0.6) is 0 Å². The van der Waals surface area contributed by atoms with Crippen LogP contribution in [0.2, 0.25) is 0 Å². The fourth-order valence-electron chi connectivity index (χ4n) is 1.38. The molecule has 1 rings (SSSR count). The van der Waals surface area contributed by atoms with Gasteiger partial charge < -0.3 is 10.1 Å². The fourth-order valence-corrected chi connectivity index (χ4v) is 1.38. The van der Waals surface area contributed by atoms with Gasteiger partial charge in [-0.15, -0.1) is 5.10 Å². The van der Waals surface area contributed by atoms with Crippen molar-refractivity contribution in [2.75, 3.05) is 20.3 Å². The molecule has 0 spiro atoms. The first kappa shape index (κ1) is 12.1. The Morgan fingerprint density at radius 3 is 2.87 bits per heavy atom. The highest BCUT2D eigenvalue weighted by atomic mass is 16.5. The van der Waals surface area contributed by atoms with Crippen LogP contribution in [0.15, 0.2) is 0 Å². The normalized spacial score (nSPS) is 13.0. The van der Waals surface area contributed by atoms with Gasteiger partial charge in [0.25, 0.3) is 0 Å². The van der Waals surface area contributed by atoms with Crippen LogP contribution in [0.3, 0.4) is 0 Å². The largest absolute Gasteiger partial charge is 0.383 e. The van der Waals surface area contributed by atoms with Crippen LogP contribution in [-0.2, 0) is 18.2 Å². The Morgan fingerprint density at radius 2 is 2.33 bits per heavy atom. The maximum absolute atomic E-state index is 5.15. The molecule has 86 valence electrons. The summed E-state index contributed by atoms with van der Waals surface area (Å²) < 4.78 is 6.84. The van der Waals surface area contributed by atoms with Crippen LogP contribution in [0.25, 0.3) is 0 Å². The molecular weight excluding hydrogens is 194 g/mol. The molecule has 1 unspecified atom stereocenters. The van der Waals surface area contributed by atoms with Crippen LogP contribution in [0.1, 0.15) is 19.2 Å². The zero-order valence-electron chi connectivity index (χ0n) is 9.60. The third-order valence-electron chi connectivity index (χ3n) is 2.19. The van der Waals surface area contributed by atoms with E-state index in [0.29, 0.717) is 6.61 Å². The Kier molecular flexibility index (Phi) is 5.20. The molecule has 0 amide bonds. The van der Waals surface area contributed by atoms with E-state index in [2.05, 4.69) is 27.8 Å². The minimum absolute atomic E-state index is 0.277. The molecular formula is C9H19N5O. The molecule has 1 N–H and O–H groups in total. The average Bonchev–Trinajstić information content (AvgIpc) is 2.61. The topological polar surface area (TPSA) is 64.9 Å². The molecule has 0 aliphatic heterocycles. The second-order valence-corrected chi connectivity index (χ2v) is 3.53. The minimum Gasteiger partial charge on any atom is -0.383 e. The minimum atomic E-state index is 0.277. The molecule has 1 heterocycles. The van der Waals surface area contributed by atoms with E-state index in [1.807, 2.05) is 7.05 Å². The second-order valence-electron chi connectivity index (χ2n) is 3.53. The summed E-state index contributed by atoms with van der Waals surface area (Å²) in [5.74, 6) is 0.876. The van der Waals surface area contributed by atoms with E-state index < -0.39 is 0 Å².